The van der Waals surface area contributed by atoms with Crippen LogP contribution in [0.3, 0.4) is 0 Å². The number of aromatic nitrogens is 2. The van der Waals surface area contributed by atoms with Gasteiger partial charge in [-0.05, 0) is 43.3 Å². The normalized spacial score (nSPS) is 12.3. The van der Waals surface area contributed by atoms with Gasteiger partial charge in [-0.2, -0.15) is 0 Å². The summed E-state index contributed by atoms with van der Waals surface area (Å²) in [5.74, 6) is 0.636. The average molecular weight is 344 g/mol. The maximum Gasteiger partial charge on any atom is 0.251 e. The molecule has 5 heteroatoms. The van der Waals surface area contributed by atoms with Crippen molar-refractivity contribution in [3.63, 3.8) is 0 Å². The zero-order valence-electron chi connectivity index (χ0n) is 11.4. The fraction of sp³-hybridized carbons (Fsp3) is 0.125. The number of amides is 1. The van der Waals surface area contributed by atoms with E-state index in [-0.39, 0.29) is 11.9 Å². The van der Waals surface area contributed by atoms with E-state index in [1.165, 1.54) is 0 Å². The molecule has 106 valence electrons. The Kier molecular flexibility index (Phi) is 3.75. The van der Waals surface area contributed by atoms with Gasteiger partial charge in [0.2, 0.25) is 0 Å². The molecular weight excluding hydrogens is 330 g/mol. The minimum atomic E-state index is -0.187. The number of para-hydroxylation sites is 2. The molecule has 1 heterocycles. The van der Waals surface area contributed by atoms with Gasteiger partial charge in [-0.1, -0.05) is 28.1 Å². The van der Waals surface area contributed by atoms with Gasteiger partial charge in [0.25, 0.3) is 5.91 Å². The van der Waals surface area contributed by atoms with Crippen molar-refractivity contribution in [1.29, 1.82) is 0 Å². The van der Waals surface area contributed by atoms with Gasteiger partial charge in [0, 0.05) is 10.0 Å². The van der Waals surface area contributed by atoms with Gasteiger partial charge in [0.15, 0.2) is 0 Å². The van der Waals surface area contributed by atoms with Crippen LogP contribution in [0.1, 0.15) is 29.1 Å². The number of hydrogen-bond acceptors (Lipinski definition) is 2. The van der Waals surface area contributed by atoms with Crippen LogP contribution < -0.4 is 5.32 Å². The lowest BCUT2D eigenvalue weighted by Gasteiger charge is -2.11. The summed E-state index contributed by atoms with van der Waals surface area (Å²) in [4.78, 5) is 19.9. The molecule has 21 heavy (non-hydrogen) atoms. The predicted octanol–water partition coefficient (Wildman–Crippen LogP) is 3.82. The molecule has 0 radical (unpaired) electrons. The van der Waals surface area contributed by atoms with Crippen molar-refractivity contribution in [3.8, 4) is 0 Å². The van der Waals surface area contributed by atoms with E-state index < -0.39 is 0 Å². The second-order valence-electron chi connectivity index (χ2n) is 4.84. The van der Waals surface area contributed by atoms with Crippen LogP contribution in [-0.2, 0) is 0 Å². The van der Waals surface area contributed by atoms with Gasteiger partial charge in [0.1, 0.15) is 5.82 Å². The Balaban J connectivity index is 1.77. The third kappa shape index (κ3) is 2.97. The van der Waals surface area contributed by atoms with Crippen LogP contribution in [0, 0.1) is 0 Å². The molecule has 1 aromatic heterocycles. The number of halogens is 1. The summed E-state index contributed by atoms with van der Waals surface area (Å²) in [6.45, 7) is 1.91. The molecule has 0 fully saturated rings. The number of aromatic amines is 1. The number of nitrogens with zero attached hydrogens (tertiary/aromatic N) is 1. The van der Waals surface area contributed by atoms with E-state index in [0.717, 1.165) is 21.3 Å². The number of nitrogens with one attached hydrogen (secondary N) is 2. The highest BCUT2D eigenvalue weighted by Crippen LogP contribution is 2.16. The minimum absolute atomic E-state index is 0.115. The summed E-state index contributed by atoms with van der Waals surface area (Å²) in [5.41, 5.74) is 2.50. The molecule has 0 aliphatic rings. The highest BCUT2D eigenvalue weighted by molar-refractivity contribution is 9.10. The molecule has 1 atom stereocenters. The molecule has 1 amide bonds. The van der Waals surface area contributed by atoms with Gasteiger partial charge < -0.3 is 10.3 Å². The van der Waals surface area contributed by atoms with Crippen molar-refractivity contribution >= 4 is 32.9 Å². The fourth-order valence-corrected chi connectivity index (χ4v) is 2.39. The van der Waals surface area contributed by atoms with E-state index >= 15 is 0 Å². The Bertz CT molecular complexity index is 747. The van der Waals surface area contributed by atoms with Gasteiger partial charge in [-0.25, -0.2) is 4.98 Å². The van der Waals surface area contributed by atoms with Crippen LogP contribution in [0.2, 0.25) is 0 Å². The molecule has 4 nitrogen and oxygen atoms in total. The molecule has 0 saturated carbocycles. The van der Waals surface area contributed by atoms with Crippen molar-refractivity contribution in [2.45, 2.75) is 13.0 Å². The lowest BCUT2D eigenvalue weighted by molar-refractivity contribution is 0.0938. The lowest BCUT2D eigenvalue weighted by Crippen LogP contribution is -2.27. The van der Waals surface area contributed by atoms with E-state index in [9.17, 15) is 4.79 Å². The monoisotopic (exact) mass is 343 g/mol. The van der Waals surface area contributed by atoms with E-state index in [1.807, 2.05) is 43.3 Å². The maximum atomic E-state index is 12.2. The van der Waals surface area contributed by atoms with E-state index in [1.54, 1.807) is 12.1 Å². The first-order valence-electron chi connectivity index (χ1n) is 6.64. The number of carbonyl (C=O) groups excluding carboxylic acids is 1. The van der Waals surface area contributed by atoms with Gasteiger partial charge in [-0.15, -0.1) is 0 Å². The molecule has 0 saturated heterocycles. The molecule has 0 bridgehead atoms. The standard InChI is InChI=1S/C16H14BrN3O/c1-10(15-19-13-4-2-3-5-14(13)20-15)18-16(21)11-6-8-12(17)9-7-11/h2-10H,1H3,(H,18,21)(H,19,20). The van der Waals surface area contributed by atoms with Crippen LogP contribution >= 0.6 is 15.9 Å². The highest BCUT2D eigenvalue weighted by Gasteiger charge is 2.14. The third-order valence-electron chi connectivity index (χ3n) is 3.27. The van der Waals surface area contributed by atoms with Crippen LogP contribution in [0.25, 0.3) is 11.0 Å². The van der Waals surface area contributed by atoms with Gasteiger partial charge in [-0.3, -0.25) is 4.79 Å². The first-order valence-corrected chi connectivity index (χ1v) is 7.44. The number of benzene rings is 2. The van der Waals surface area contributed by atoms with Crippen molar-refractivity contribution in [2.75, 3.05) is 0 Å². The topological polar surface area (TPSA) is 57.8 Å². The summed E-state index contributed by atoms with van der Waals surface area (Å²) >= 11 is 3.36. The van der Waals surface area contributed by atoms with Crippen molar-refractivity contribution in [2.24, 2.45) is 0 Å². The van der Waals surface area contributed by atoms with Crippen LogP contribution in [0.4, 0.5) is 0 Å². The lowest BCUT2D eigenvalue weighted by atomic mass is 10.2. The number of rotatable bonds is 3. The third-order valence-corrected chi connectivity index (χ3v) is 3.80. The van der Waals surface area contributed by atoms with Crippen LogP contribution in [0.15, 0.2) is 53.0 Å². The molecule has 0 aliphatic carbocycles. The second-order valence-corrected chi connectivity index (χ2v) is 5.76. The molecule has 3 rings (SSSR count). The summed E-state index contributed by atoms with van der Waals surface area (Å²) in [6.07, 6.45) is 0. The van der Waals surface area contributed by atoms with Crippen molar-refractivity contribution in [1.82, 2.24) is 15.3 Å². The first kappa shape index (κ1) is 13.8. The summed E-state index contributed by atoms with van der Waals surface area (Å²) in [7, 11) is 0. The zero-order valence-corrected chi connectivity index (χ0v) is 13.0. The molecule has 0 aliphatic heterocycles. The summed E-state index contributed by atoms with van der Waals surface area (Å²) in [5, 5.41) is 2.94. The molecule has 2 N–H and O–H groups in total. The maximum absolute atomic E-state index is 12.2. The molecule has 1 unspecified atom stereocenters. The summed E-state index contributed by atoms with van der Waals surface area (Å²) < 4.78 is 0.949. The Hall–Kier alpha value is -2.14. The molecule has 3 aromatic rings. The number of fused-ring (bicyclic) bond motifs is 1. The first-order chi connectivity index (χ1) is 10.1. The van der Waals surface area contributed by atoms with Gasteiger partial charge >= 0.3 is 0 Å². The second kappa shape index (κ2) is 5.69. The van der Waals surface area contributed by atoms with E-state index in [4.69, 9.17) is 0 Å². The molecule has 0 spiro atoms. The summed E-state index contributed by atoms with van der Waals surface area (Å²) in [6, 6.07) is 14.9. The Labute approximate surface area is 130 Å². The van der Waals surface area contributed by atoms with E-state index in [0.29, 0.717) is 5.56 Å². The zero-order chi connectivity index (χ0) is 14.8. The Morgan fingerprint density at radius 2 is 1.90 bits per heavy atom. The molecule has 2 aromatic carbocycles. The Morgan fingerprint density at radius 1 is 1.19 bits per heavy atom. The largest absolute Gasteiger partial charge is 0.342 e. The minimum Gasteiger partial charge on any atom is -0.342 e. The Morgan fingerprint density at radius 3 is 2.62 bits per heavy atom. The van der Waals surface area contributed by atoms with Crippen molar-refractivity contribution in [3.05, 3.63) is 64.4 Å². The highest BCUT2D eigenvalue weighted by atomic mass is 79.9. The number of hydrogen-bond donors (Lipinski definition) is 2. The smallest absolute Gasteiger partial charge is 0.251 e. The van der Waals surface area contributed by atoms with E-state index in [2.05, 4.69) is 31.2 Å². The number of H-pyrrole nitrogens is 1. The van der Waals surface area contributed by atoms with Crippen LogP contribution in [-0.4, -0.2) is 15.9 Å². The predicted molar refractivity (Wildman–Crippen MR) is 86.1 cm³/mol. The SMILES string of the molecule is CC(NC(=O)c1ccc(Br)cc1)c1nc2ccccc2[nH]1. The average Bonchev–Trinajstić information content (AvgIpc) is 2.92. The number of imidazole rings is 1. The van der Waals surface area contributed by atoms with Gasteiger partial charge in [0.05, 0.1) is 17.1 Å². The fourth-order valence-electron chi connectivity index (χ4n) is 2.13. The van der Waals surface area contributed by atoms with Crippen LogP contribution in [0.5, 0.6) is 0 Å². The van der Waals surface area contributed by atoms with Crippen molar-refractivity contribution < 1.29 is 4.79 Å². The molecular formula is C16H14BrN3O. The number of carbonyl (C=O) groups is 1. The quantitative estimate of drug-likeness (QED) is 0.759.